The van der Waals surface area contributed by atoms with Gasteiger partial charge in [0.1, 0.15) is 0 Å². The van der Waals surface area contributed by atoms with E-state index in [2.05, 4.69) is 10.2 Å². The van der Waals surface area contributed by atoms with Crippen LogP contribution in [0.3, 0.4) is 0 Å². The summed E-state index contributed by atoms with van der Waals surface area (Å²) >= 11 is 0. The second-order valence-electron chi connectivity index (χ2n) is 5.34. The number of aliphatic hydroxyl groups is 1. The molecule has 0 aromatic carbocycles. The largest absolute Gasteiger partial charge is 0.391 e. The van der Waals surface area contributed by atoms with Crippen molar-refractivity contribution in [1.29, 1.82) is 0 Å². The number of hydrogen-bond acceptors (Lipinski definition) is 4. The molecule has 1 heterocycles. The first-order chi connectivity index (χ1) is 8.66. The summed E-state index contributed by atoms with van der Waals surface area (Å²) in [5.74, 6) is -0.0200. The minimum Gasteiger partial charge on any atom is -0.391 e. The molecule has 0 bridgehead atoms. The zero-order valence-corrected chi connectivity index (χ0v) is 11.1. The molecule has 2 N–H and O–H groups in total. The Hall–Kier alpha value is -0.650. The van der Waals surface area contributed by atoms with Crippen molar-refractivity contribution in [1.82, 2.24) is 10.2 Å². The van der Waals surface area contributed by atoms with Crippen LogP contribution in [0.1, 0.15) is 32.6 Å². The number of rotatable bonds is 3. The van der Waals surface area contributed by atoms with Gasteiger partial charge in [-0.25, -0.2) is 0 Å². The number of nitrogens with one attached hydrogen (secondary N) is 1. The lowest BCUT2D eigenvalue weighted by molar-refractivity contribution is -0.120. The van der Waals surface area contributed by atoms with Gasteiger partial charge in [0.2, 0.25) is 5.91 Å². The maximum Gasteiger partial charge on any atom is 0.216 e. The van der Waals surface area contributed by atoms with Gasteiger partial charge >= 0.3 is 0 Å². The van der Waals surface area contributed by atoms with E-state index >= 15 is 0 Å². The molecule has 1 saturated carbocycles. The number of aliphatic hydroxyl groups excluding tert-OH is 1. The van der Waals surface area contributed by atoms with Crippen molar-refractivity contribution in [2.75, 3.05) is 26.2 Å². The Bertz CT molecular complexity index is 285. The van der Waals surface area contributed by atoms with Crippen molar-refractivity contribution >= 4 is 5.91 Å². The molecule has 1 aliphatic heterocycles. The fraction of sp³-hybridized carbons (Fsp3) is 0.923. The van der Waals surface area contributed by atoms with Crippen LogP contribution < -0.4 is 5.32 Å². The highest BCUT2D eigenvalue weighted by Crippen LogP contribution is 2.24. The predicted octanol–water partition coefficient (Wildman–Crippen LogP) is 0.127. The molecule has 104 valence electrons. The SMILES string of the molecule is CC(=O)NC[C@@H]1CN([C@H]2CCCC[C@H]2O)CCO1. The average Bonchev–Trinajstić information content (AvgIpc) is 2.37. The molecule has 1 amide bonds. The number of morpholine rings is 1. The first-order valence-electron chi connectivity index (χ1n) is 6.95. The van der Waals surface area contributed by atoms with Gasteiger partial charge in [-0.2, -0.15) is 0 Å². The monoisotopic (exact) mass is 256 g/mol. The molecule has 0 aromatic rings. The minimum atomic E-state index is -0.196. The summed E-state index contributed by atoms with van der Waals surface area (Å²) in [6, 6.07) is 0.280. The van der Waals surface area contributed by atoms with Crippen molar-refractivity contribution in [2.24, 2.45) is 0 Å². The van der Waals surface area contributed by atoms with Crippen LogP contribution in [-0.2, 0) is 9.53 Å². The fourth-order valence-corrected chi connectivity index (χ4v) is 2.94. The van der Waals surface area contributed by atoms with E-state index in [1.54, 1.807) is 0 Å². The van der Waals surface area contributed by atoms with Crippen LogP contribution in [0.15, 0.2) is 0 Å². The zero-order chi connectivity index (χ0) is 13.0. The van der Waals surface area contributed by atoms with Gasteiger partial charge < -0.3 is 15.2 Å². The number of amides is 1. The van der Waals surface area contributed by atoms with E-state index in [0.29, 0.717) is 13.2 Å². The molecule has 3 atom stereocenters. The second-order valence-corrected chi connectivity index (χ2v) is 5.34. The number of hydrogen-bond donors (Lipinski definition) is 2. The normalized spacial score (nSPS) is 34.2. The summed E-state index contributed by atoms with van der Waals surface area (Å²) in [6.45, 7) is 4.47. The molecule has 0 unspecified atom stereocenters. The Balaban J connectivity index is 1.83. The van der Waals surface area contributed by atoms with Crippen molar-refractivity contribution in [2.45, 2.75) is 50.9 Å². The fourth-order valence-electron chi connectivity index (χ4n) is 2.94. The van der Waals surface area contributed by atoms with Crippen molar-refractivity contribution in [3.05, 3.63) is 0 Å². The average molecular weight is 256 g/mol. The summed E-state index contributed by atoms with van der Waals surface area (Å²) in [5.41, 5.74) is 0. The molecule has 2 aliphatic rings. The van der Waals surface area contributed by atoms with E-state index < -0.39 is 0 Å². The van der Waals surface area contributed by atoms with Crippen LogP contribution in [-0.4, -0.2) is 60.4 Å². The van der Waals surface area contributed by atoms with E-state index in [4.69, 9.17) is 4.74 Å². The Morgan fingerprint density at radius 2 is 2.22 bits per heavy atom. The third-order valence-corrected chi connectivity index (χ3v) is 3.91. The van der Waals surface area contributed by atoms with Crippen LogP contribution in [0.25, 0.3) is 0 Å². The van der Waals surface area contributed by atoms with E-state index in [1.807, 2.05) is 0 Å². The molecule has 1 aliphatic carbocycles. The van der Waals surface area contributed by atoms with Gasteiger partial charge in [0.25, 0.3) is 0 Å². The Kier molecular flexibility index (Phi) is 4.97. The molecule has 1 saturated heterocycles. The van der Waals surface area contributed by atoms with Gasteiger partial charge in [-0.15, -0.1) is 0 Å². The first kappa shape index (κ1) is 13.8. The van der Waals surface area contributed by atoms with Gasteiger partial charge in [0, 0.05) is 32.6 Å². The molecule has 5 heteroatoms. The van der Waals surface area contributed by atoms with Gasteiger partial charge in [-0.1, -0.05) is 12.8 Å². The zero-order valence-electron chi connectivity index (χ0n) is 11.1. The maximum absolute atomic E-state index is 10.9. The van der Waals surface area contributed by atoms with E-state index in [0.717, 1.165) is 32.4 Å². The molecule has 2 rings (SSSR count). The lowest BCUT2D eigenvalue weighted by Gasteiger charge is -2.42. The highest BCUT2D eigenvalue weighted by molar-refractivity contribution is 5.72. The van der Waals surface area contributed by atoms with Crippen LogP contribution in [0.5, 0.6) is 0 Å². The number of nitrogens with zero attached hydrogens (tertiary/aromatic N) is 1. The van der Waals surface area contributed by atoms with Crippen LogP contribution in [0.2, 0.25) is 0 Å². The van der Waals surface area contributed by atoms with E-state index in [-0.39, 0.29) is 24.2 Å². The van der Waals surface area contributed by atoms with Crippen LogP contribution >= 0.6 is 0 Å². The van der Waals surface area contributed by atoms with Crippen LogP contribution in [0, 0.1) is 0 Å². The molecule has 0 radical (unpaired) electrons. The van der Waals surface area contributed by atoms with Gasteiger partial charge in [-0.05, 0) is 12.8 Å². The standard InChI is InChI=1S/C13H24N2O3/c1-10(16)14-8-11-9-15(6-7-18-11)12-4-2-3-5-13(12)17/h11-13,17H,2-9H2,1H3,(H,14,16)/t11-,12+,13-/m1/s1. The Morgan fingerprint density at radius 3 is 2.94 bits per heavy atom. The van der Waals surface area contributed by atoms with Crippen LogP contribution in [0.4, 0.5) is 0 Å². The summed E-state index contributed by atoms with van der Waals surface area (Å²) in [7, 11) is 0. The predicted molar refractivity (Wildman–Crippen MR) is 68.3 cm³/mol. The highest BCUT2D eigenvalue weighted by atomic mass is 16.5. The van der Waals surface area contributed by atoms with Crippen molar-refractivity contribution < 1.29 is 14.6 Å². The van der Waals surface area contributed by atoms with Crippen molar-refractivity contribution in [3.63, 3.8) is 0 Å². The highest BCUT2D eigenvalue weighted by Gasteiger charge is 2.32. The molecule has 0 spiro atoms. The summed E-state index contributed by atoms with van der Waals surface area (Å²) in [4.78, 5) is 13.2. The maximum atomic E-state index is 10.9. The molecular formula is C13H24N2O3. The molecular weight excluding hydrogens is 232 g/mol. The lowest BCUT2D eigenvalue weighted by atomic mass is 9.91. The van der Waals surface area contributed by atoms with E-state index in [1.165, 1.54) is 13.3 Å². The topological polar surface area (TPSA) is 61.8 Å². The summed E-state index contributed by atoms with van der Waals surface area (Å²) in [6.07, 6.45) is 4.19. The third-order valence-electron chi connectivity index (χ3n) is 3.91. The van der Waals surface area contributed by atoms with Gasteiger partial charge in [0.15, 0.2) is 0 Å². The molecule has 5 nitrogen and oxygen atoms in total. The molecule has 18 heavy (non-hydrogen) atoms. The second kappa shape index (κ2) is 6.50. The smallest absolute Gasteiger partial charge is 0.216 e. The third kappa shape index (κ3) is 3.67. The first-order valence-corrected chi connectivity index (χ1v) is 6.95. The quantitative estimate of drug-likeness (QED) is 0.753. The van der Waals surface area contributed by atoms with Crippen molar-refractivity contribution in [3.8, 4) is 0 Å². The molecule has 0 aromatic heterocycles. The van der Waals surface area contributed by atoms with Gasteiger partial charge in [0.05, 0.1) is 18.8 Å². The number of ether oxygens (including phenoxy) is 1. The van der Waals surface area contributed by atoms with Gasteiger partial charge in [-0.3, -0.25) is 9.69 Å². The number of carbonyl (C=O) groups is 1. The Labute approximate surface area is 108 Å². The minimum absolute atomic E-state index is 0.0200. The molecule has 2 fully saturated rings. The summed E-state index contributed by atoms with van der Waals surface area (Å²) < 4.78 is 5.65. The van der Waals surface area contributed by atoms with E-state index in [9.17, 15) is 9.90 Å². The Morgan fingerprint density at radius 1 is 1.44 bits per heavy atom. The summed E-state index contributed by atoms with van der Waals surface area (Å²) in [5, 5.41) is 12.9. The number of carbonyl (C=O) groups excluding carboxylic acids is 1. The lowest BCUT2D eigenvalue weighted by Crippen LogP contribution is -2.54.